The number of aromatic nitrogens is 1. The fraction of sp³-hybridized carbons (Fsp3) is 0.375. The highest BCUT2D eigenvalue weighted by Gasteiger charge is 2.36. The summed E-state index contributed by atoms with van der Waals surface area (Å²) >= 11 is 2.66. The van der Waals surface area contributed by atoms with Crippen LogP contribution in [0, 0.1) is 12.3 Å². The molecule has 0 aromatic carbocycles. The molecule has 0 bridgehead atoms. The Morgan fingerprint density at radius 2 is 2.36 bits per heavy atom. The highest BCUT2D eigenvalue weighted by atomic mass is 32.2. The molecule has 1 aliphatic rings. The lowest BCUT2D eigenvalue weighted by atomic mass is 10.4. The highest BCUT2D eigenvalue weighted by Crippen LogP contribution is 2.32. The second-order valence-corrected chi connectivity index (χ2v) is 5.18. The maximum atomic E-state index is 11.7. The molecule has 1 N–H and O–H groups in total. The van der Waals surface area contributed by atoms with Gasteiger partial charge in [-0.05, 0) is 13.8 Å². The molecular formula is C8H9N3OS2. The van der Waals surface area contributed by atoms with Gasteiger partial charge < -0.3 is 0 Å². The molecule has 1 saturated heterocycles. The minimum atomic E-state index is -0.160. The number of hydrogen-bond acceptors (Lipinski definition) is 5. The molecule has 74 valence electrons. The number of anilines is 1. The van der Waals surface area contributed by atoms with Gasteiger partial charge in [-0.1, -0.05) is 11.8 Å². The van der Waals surface area contributed by atoms with Gasteiger partial charge in [0.1, 0.15) is 0 Å². The van der Waals surface area contributed by atoms with Gasteiger partial charge in [-0.2, -0.15) is 0 Å². The molecule has 2 heterocycles. The first-order valence-electron chi connectivity index (χ1n) is 4.11. The molecule has 4 nitrogen and oxygen atoms in total. The fourth-order valence-corrected chi connectivity index (χ4v) is 2.87. The Labute approximate surface area is 89.8 Å². The lowest BCUT2D eigenvalue weighted by Gasteiger charge is -2.09. The van der Waals surface area contributed by atoms with Crippen molar-refractivity contribution in [3.05, 3.63) is 11.1 Å². The van der Waals surface area contributed by atoms with Gasteiger partial charge in [0.2, 0.25) is 5.91 Å². The van der Waals surface area contributed by atoms with E-state index in [9.17, 15) is 4.79 Å². The van der Waals surface area contributed by atoms with Gasteiger partial charge in [-0.25, -0.2) is 9.88 Å². The number of carbonyl (C=O) groups is 1. The summed E-state index contributed by atoms with van der Waals surface area (Å²) in [5, 5.41) is 10.2. The summed E-state index contributed by atoms with van der Waals surface area (Å²) in [5.41, 5.74) is 0.884. The SMILES string of the molecule is Cc1csc(N2C(=N)SC(C)C2=O)n1. The Bertz CT molecular complexity index is 401. The van der Waals surface area contributed by atoms with E-state index in [1.54, 1.807) is 0 Å². The zero-order valence-corrected chi connectivity index (χ0v) is 9.41. The molecule has 14 heavy (non-hydrogen) atoms. The first-order chi connectivity index (χ1) is 6.59. The van der Waals surface area contributed by atoms with Crippen molar-refractivity contribution in [3.8, 4) is 0 Å². The summed E-state index contributed by atoms with van der Waals surface area (Å²) < 4.78 is 0. The van der Waals surface area contributed by atoms with Gasteiger partial charge in [0, 0.05) is 5.38 Å². The van der Waals surface area contributed by atoms with Gasteiger partial charge in [0.25, 0.3) is 0 Å². The van der Waals surface area contributed by atoms with E-state index in [1.807, 2.05) is 19.2 Å². The number of carbonyl (C=O) groups excluding carboxylic acids is 1. The number of nitrogens with zero attached hydrogens (tertiary/aromatic N) is 2. The van der Waals surface area contributed by atoms with Crippen LogP contribution in [0.5, 0.6) is 0 Å². The molecule has 1 aromatic rings. The minimum Gasteiger partial charge on any atom is -0.278 e. The molecule has 6 heteroatoms. The summed E-state index contributed by atoms with van der Waals surface area (Å²) in [6, 6.07) is 0. The molecule has 2 rings (SSSR count). The lowest BCUT2D eigenvalue weighted by molar-refractivity contribution is -0.116. The third-order valence-corrected chi connectivity index (χ3v) is 3.76. The average Bonchev–Trinajstić information content (AvgIpc) is 2.60. The van der Waals surface area contributed by atoms with Crippen molar-refractivity contribution in [1.29, 1.82) is 5.41 Å². The van der Waals surface area contributed by atoms with Crippen LogP contribution >= 0.6 is 23.1 Å². The lowest BCUT2D eigenvalue weighted by Crippen LogP contribution is -2.30. The average molecular weight is 227 g/mol. The zero-order valence-electron chi connectivity index (χ0n) is 7.77. The molecule has 1 amide bonds. The Balaban J connectivity index is 2.35. The molecule has 0 aliphatic carbocycles. The highest BCUT2D eigenvalue weighted by molar-refractivity contribution is 8.16. The van der Waals surface area contributed by atoms with Crippen molar-refractivity contribution in [2.24, 2.45) is 0 Å². The number of rotatable bonds is 1. The number of amidine groups is 1. The van der Waals surface area contributed by atoms with Gasteiger partial charge in [-0.3, -0.25) is 10.2 Å². The smallest absolute Gasteiger partial charge is 0.248 e. The van der Waals surface area contributed by atoms with Crippen LogP contribution in [-0.4, -0.2) is 21.3 Å². The summed E-state index contributed by atoms with van der Waals surface area (Å²) in [4.78, 5) is 17.2. The van der Waals surface area contributed by atoms with E-state index < -0.39 is 0 Å². The number of hydrogen-bond donors (Lipinski definition) is 1. The Kier molecular flexibility index (Phi) is 2.32. The second kappa shape index (κ2) is 3.36. The number of thioether (sulfide) groups is 1. The minimum absolute atomic E-state index is 0.0469. The van der Waals surface area contributed by atoms with Gasteiger partial charge >= 0.3 is 0 Å². The summed E-state index contributed by atoms with van der Waals surface area (Å²) in [7, 11) is 0. The van der Waals surface area contributed by atoms with Crippen molar-refractivity contribution >= 4 is 39.3 Å². The molecule has 1 unspecified atom stereocenters. The zero-order chi connectivity index (χ0) is 10.3. The first kappa shape index (κ1) is 9.67. The van der Waals surface area contributed by atoms with E-state index >= 15 is 0 Å². The van der Waals surface area contributed by atoms with Gasteiger partial charge in [0.15, 0.2) is 10.3 Å². The topological polar surface area (TPSA) is 57.1 Å². The number of amides is 1. The van der Waals surface area contributed by atoms with Crippen LogP contribution in [0.2, 0.25) is 0 Å². The molecule has 1 aromatic heterocycles. The van der Waals surface area contributed by atoms with Crippen molar-refractivity contribution in [3.63, 3.8) is 0 Å². The molecule has 1 atom stereocenters. The maximum absolute atomic E-state index is 11.7. The predicted octanol–water partition coefficient (Wildman–Crippen LogP) is 1.85. The summed E-state index contributed by atoms with van der Waals surface area (Å²) in [6.45, 7) is 3.68. The van der Waals surface area contributed by atoms with E-state index in [-0.39, 0.29) is 16.3 Å². The van der Waals surface area contributed by atoms with Crippen LogP contribution in [0.25, 0.3) is 0 Å². The molecule has 0 spiro atoms. The van der Waals surface area contributed by atoms with Crippen molar-refractivity contribution in [2.45, 2.75) is 19.1 Å². The fourth-order valence-electron chi connectivity index (χ4n) is 1.18. The molecule has 1 aliphatic heterocycles. The summed E-state index contributed by atoms with van der Waals surface area (Å²) in [6.07, 6.45) is 0. The van der Waals surface area contributed by atoms with Gasteiger partial charge in [-0.15, -0.1) is 11.3 Å². The quantitative estimate of drug-likeness (QED) is 0.796. The van der Waals surface area contributed by atoms with E-state index in [1.165, 1.54) is 28.0 Å². The Morgan fingerprint density at radius 3 is 2.79 bits per heavy atom. The largest absolute Gasteiger partial charge is 0.278 e. The number of aryl methyl sites for hydroxylation is 1. The van der Waals surface area contributed by atoms with E-state index in [4.69, 9.17) is 5.41 Å². The van der Waals surface area contributed by atoms with Crippen LogP contribution < -0.4 is 4.90 Å². The molecule has 0 radical (unpaired) electrons. The third kappa shape index (κ3) is 1.44. The van der Waals surface area contributed by atoms with Crippen molar-refractivity contribution in [2.75, 3.05) is 4.90 Å². The van der Waals surface area contributed by atoms with Crippen LogP contribution in [-0.2, 0) is 4.79 Å². The second-order valence-electron chi connectivity index (χ2n) is 3.01. The normalized spacial score (nSPS) is 22.1. The molecule has 0 saturated carbocycles. The number of thiazole rings is 1. The van der Waals surface area contributed by atoms with E-state index in [0.717, 1.165) is 5.69 Å². The van der Waals surface area contributed by atoms with Crippen LogP contribution in [0.1, 0.15) is 12.6 Å². The maximum Gasteiger partial charge on any atom is 0.248 e. The van der Waals surface area contributed by atoms with Crippen molar-refractivity contribution in [1.82, 2.24) is 4.98 Å². The Hall–Kier alpha value is -0.880. The standard InChI is InChI=1S/C8H9N3OS2/c1-4-3-13-8(10-4)11-6(12)5(2)14-7(11)9/h3,5,9H,1-2H3. The summed E-state index contributed by atoms with van der Waals surface area (Å²) in [5.74, 6) is -0.0469. The van der Waals surface area contributed by atoms with Crippen LogP contribution in [0.4, 0.5) is 5.13 Å². The first-order valence-corrected chi connectivity index (χ1v) is 5.87. The van der Waals surface area contributed by atoms with Gasteiger partial charge in [0.05, 0.1) is 10.9 Å². The Morgan fingerprint density at radius 1 is 1.64 bits per heavy atom. The van der Waals surface area contributed by atoms with E-state index in [2.05, 4.69) is 4.98 Å². The molecular weight excluding hydrogens is 218 g/mol. The molecule has 1 fully saturated rings. The van der Waals surface area contributed by atoms with E-state index in [0.29, 0.717) is 5.13 Å². The van der Waals surface area contributed by atoms with Crippen LogP contribution in [0.15, 0.2) is 5.38 Å². The predicted molar refractivity (Wildman–Crippen MR) is 59.1 cm³/mol. The third-order valence-electron chi connectivity index (χ3n) is 1.86. The van der Waals surface area contributed by atoms with Crippen LogP contribution in [0.3, 0.4) is 0 Å². The van der Waals surface area contributed by atoms with Crippen molar-refractivity contribution < 1.29 is 4.79 Å². The monoisotopic (exact) mass is 227 g/mol. The number of nitrogens with one attached hydrogen (secondary N) is 1.